The minimum absolute atomic E-state index is 0.658. The summed E-state index contributed by atoms with van der Waals surface area (Å²) in [7, 11) is 1.66. The van der Waals surface area contributed by atoms with Crippen LogP contribution in [-0.2, 0) is 0 Å². The highest BCUT2D eigenvalue weighted by Crippen LogP contribution is 2.43. The van der Waals surface area contributed by atoms with Crippen molar-refractivity contribution in [3.05, 3.63) is 66.1 Å². The van der Waals surface area contributed by atoms with E-state index in [4.69, 9.17) is 14.7 Å². The SMILES string of the molecule is COc1ccnc2cc(-c3cccnc3)nc(Nc3ccc4nc(C5CC5)sc4c3)c12. The Kier molecular flexibility index (Phi) is 4.28. The zero-order valence-corrected chi connectivity index (χ0v) is 17.7. The van der Waals surface area contributed by atoms with E-state index in [1.54, 1.807) is 37.0 Å². The van der Waals surface area contributed by atoms with Gasteiger partial charge in [-0.2, -0.15) is 0 Å². The molecule has 7 heteroatoms. The van der Waals surface area contributed by atoms with Crippen molar-refractivity contribution < 1.29 is 4.74 Å². The molecule has 4 heterocycles. The molecule has 6 rings (SSSR count). The molecule has 0 bridgehead atoms. The van der Waals surface area contributed by atoms with Crippen molar-refractivity contribution in [2.24, 2.45) is 0 Å². The Morgan fingerprint density at radius 2 is 1.97 bits per heavy atom. The maximum Gasteiger partial charge on any atom is 0.144 e. The van der Waals surface area contributed by atoms with E-state index in [0.29, 0.717) is 11.7 Å². The summed E-state index contributed by atoms with van der Waals surface area (Å²) in [6.07, 6.45) is 7.83. The van der Waals surface area contributed by atoms with E-state index in [1.807, 2.05) is 30.3 Å². The first-order chi connectivity index (χ1) is 15.3. The van der Waals surface area contributed by atoms with Gasteiger partial charge < -0.3 is 10.1 Å². The molecule has 4 aromatic heterocycles. The number of pyridine rings is 3. The number of nitrogens with one attached hydrogen (secondary N) is 1. The molecule has 1 saturated carbocycles. The first-order valence-electron chi connectivity index (χ1n) is 10.2. The third kappa shape index (κ3) is 3.37. The second kappa shape index (κ2) is 7.28. The fourth-order valence-electron chi connectivity index (χ4n) is 3.73. The van der Waals surface area contributed by atoms with E-state index < -0.39 is 0 Å². The van der Waals surface area contributed by atoms with E-state index in [-0.39, 0.29) is 0 Å². The van der Waals surface area contributed by atoms with E-state index >= 15 is 0 Å². The van der Waals surface area contributed by atoms with Gasteiger partial charge in [0.05, 0.1) is 38.9 Å². The molecule has 0 aliphatic heterocycles. The Labute approximate surface area is 183 Å². The van der Waals surface area contributed by atoms with Crippen molar-refractivity contribution in [2.75, 3.05) is 12.4 Å². The summed E-state index contributed by atoms with van der Waals surface area (Å²) >= 11 is 1.79. The Morgan fingerprint density at radius 1 is 1.03 bits per heavy atom. The molecule has 1 aliphatic rings. The molecule has 0 spiro atoms. The molecule has 152 valence electrons. The summed E-state index contributed by atoms with van der Waals surface area (Å²) in [6, 6.07) is 14.0. The number of ether oxygens (including phenoxy) is 1. The molecule has 0 atom stereocenters. The highest BCUT2D eigenvalue weighted by molar-refractivity contribution is 7.18. The minimum Gasteiger partial charge on any atom is -0.496 e. The van der Waals surface area contributed by atoms with Crippen molar-refractivity contribution in [1.82, 2.24) is 19.9 Å². The molecule has 0 unspecified atom stereocenters. The number of anilines is 2. The van der Waals surface area contributed by atoms with E-state index in [2.05, 4.69) is 27.4 Å². The molecular formula is C24H19N5OS. The second-order valence-corrected chi connectivity index (χ2v) is 8.70. The van der Waals surface area contributed by atoms with Gasteiger partial charge in [-0.05, 0) is 55.3 Å². The average Bonchev–Trinajstić information content (AvgIpc) is 3.58. The summed E-state index contributed by atoms with van der Waals surface area (Å²) in [5.41, 5.74) is 4.56. The van der Waals surface area contributed by atoms with Crippen LogP contribution in [-0.4, -0.2) is 27.0 Å². The lowest BCUT2D eigenvalue weighted by molar-refractivity contribution is 0.419. The predicted molar refractivity (Wildman–Crippen MR) is 124 cm³/mol. The van der Waals surface area contributed by atoms with Crippen LogP contribution in [0, 0.1) is 0 Å². The molecule has 1 aromatic carbocycles. The Morgan fingerprint density at radius 3 is 2.77 bits per heavy atom. The molecule has 31 heavy (non-hydrogen) atoms. The van der Waals surface area contributed by atoms with Gasteiger partial charge in [0.1, 0.15) is 11.6 Å². The molecule has 0 saturated heterocycles. The third-order valence-corrected chi connectivity index (χ3v) is 6.64. The zero-order chi connectivity index (χ0) is 20.8. The van der Waals surface area contributed by atoms with E-state index in [0.717, 1.165) is 39.1 Å². The zero-order valence-electron chi connectivity index (χ0n) is 16.9. The molecule has 0 amide bonds. The maximum absolute atomic E-state index is 5.62. The lowest BCUT2D eigenvalue weighted by atomic mass is 10.1. The van der Waals surface area contributed by atoms with Crippen LogP contribution in [0.1, 0.15) is 23.8 Å². The van der Waals surface area contributed by atoms with Crippen molar-refractivity contribution in [3.8, 4) is 17.0 Å². The fourth-order valence-corrected chi connectivity index (χ4v) is 4.91. The first kappa shape index (κ1) is 18.2. The lowest BCUT2D eigenvalue weighted by Crippen LogP contribution is -1.99. The average molecular weight is 426 g/mol. The Bertz CT molecular complexity index is 1410. The van der Waals surface area contributed by atoms with Crippen LogP contribution in [0.2, 0.25) is 0 Å². The van der Waals surface area contributed by atoms with Gasteiger partial charge in [0.25, 0.3) is 0 Å². The molecule has 1 fully saturated rings. The third-order valence-electron chi connectivity index (χ3n) is 5.46. The number of thiazole rings is 1. The minimum atomic E-state index is 0.658. The van der Waals surface area contributed by atoms with Crippen molar-refractivity contribution in [1.29, 1.82) is 0 Å². The topological polar surface area (TPSA) is 72.8 Å². The highest BCUT2D eigenvalue weighted by atomic mass is 32.1. The lowest BCUT2D eigenvalue weighted by Gasteiger charge is -2.13. The number of fused-ring (bicyclic) bond motifs is 2. The molecule has 5 aromatic rings. The van der Waals surface area contributed by atoms with Crippen LogP contribution in [0.15, 0.2) is 61.1 Å². The largest absolute Gasteiger partial charge is 0.496 e. The van der Waals surface area contributed by atoms with Gasteiger partial charge in [-0.1, -0.05) is 0 Å². The van der Waals surface area contributed by atoms with Gasteiger partial charge in [0.2, 0.25) is 0 Å². The van der Waals surface area contributed by atoms with Gasteiger partial charge in [-0.3, -0.25) is 9.97 Å². The fraction of sp³-hybridized carbons (Fsp3) is 0.167. The van der Waals surface area contributed by atoms with Crippen molar-refractivity contribution in [2.45, 2.75) is 18.8 Å². The molecule has 1 aliphatic carbocycles. The summed E-state index contributed by atoms with van der Waals surface area (Å²) in [6.45, 7) is 0. The van der Waals surface area contributed by atoms with Gasteiger partial charge in [-0.15, -0.1) is 11.3 Å². The maximum atomic E-state index is 5.62. The van der Waals surface area contributed by atoms with Gasteiger partial charge >= 0.3 is 0 Å². The first-order valence-corrected chi connectivity index (χ1v) is 11.0. The Hall–Kier alpha value is -3.58. The molecule has 0 radical (unpaired) electrons. The highest BCUT2D eigenvalue weighted by Gasteiger charge is 2.27. The van der Waals surface area contributed by atoms with Crippen molar-refractivity contribution >= 4 is 44.0 Å². The van der Waals surface area contributed by atoms with Crippen LogP contribution in [0.5, 0.6) is 5.75 Å². The number of benzene rings is 1. The summed E-state index contributed by atoms with van der Waals surface area (Å²) in [4.78, 5) is 18.5. The molecular weight excluding hydrogens is 406 g/mol. The van der Waals surface area contributed by atoms with Crippen LogP contribution < -0.4 is 10.1 Å². The van der Waals surface area contributed by atoms with Crippen LogP contribution in [0.3, 0.4) is 0 Å². The number of rotatable bonds is 5. The standard InChI is InChI=1S/C24H19N5OS/c1-30-20-8-10-26-19-12-18(15-3-2-9-25-13-15)28-23(22(19)20)27-16-6-7-17-21(11-16)31-24(29-17)14-4-5-14/h2-3,6-14H,4-5H2,1H3,(H,27,28). The van der Waals surface area contributed by atoms with Gasteiger partial charge in [0, 0.05) is 35.8 Å². The molecule has 6 nitrogen and oxygen atoms in total. The number of hydrogen-bond donors (Lipinski definition) is 1. The van der Waals surface area contributed by atoms with Crippen LogP contribution in [0.4, 0.5) is 11.5 Å². The molecule has 1 N–H and O–H groups in total. The number of hydrogen-bond acceptors (Lipinski definition) is 7. The second-order valence-electron chi connectivity index (χ2n) is 7.64. The quantitative estimate of drug-likeness (QED) is 0.376. The van der Waals surface area contributed by atoms with Gasteiger partial charge in [-0.25, -0.2) is 9.97 Å². The monoisotopic (exact) mass is 425 g/mol. The van der Waals surface area contributed by atoms with E-state index in [9.17, 15) is 0 Å². The number of aromatic nitrogens is 4. The number of nitrogens with zero attached hydrogens (tertiary/aromatic N) is 4. The summed E-state index contributed by atoms with van der Waals surface area (Å²) in [5.74, 6) is 2.09. The van der Waals surface area contributed by atoms with Gasteiger partial charge in [0.15, 0.2) is 0 Å². The van der Waals surface area contributed by atoms with E-state index in [1.165, 1.54) is 22.5 Å². The smallest absolute Gasteiger partial charge is 0.144 e. The van der Waals surface area contributed by atoms with Crippen molar-refractivity contribution in [3.63, 3.8) is 0 Å². The predicted octanol–water partition coefficient (Wildman–Crippen LogP) is 5.93. The summed E-state index contributed by atoms with van der Waals surface area (Å²) < 4.78 is 6.80. The van der Waals surface area contributed by atoms with Crippen LogP contribution >= 0.6 is 11.3 Å². The summed E-state index contributed by atoms with van der Waals surface area (Å²) in [5, 5.41) is 5.60. The number of methoxy groups -OCH3 is 1. The Balaban J connectivity index is 1.48. The van der Waals surface area contributed by atoms with Crippen LogP contribution in [0.25, 0.3) is 32.4 Å². The normalized spacial score (nSPS) is 13.6.